The van der Waals surface area contributed by atoms with Crippen LogP contribution in [-0.2, 0) is 4.79 Å². The predicted molar refractivity (Wildman–Crippen MR) is 80.5 cm³/mol. The van der Waals surface area contributed by atoms with Crippen molar-refractivity contribution in [2.45, 2.75) is 26.2 Å². The van der Waals surface area contributed by atoms with Crippen LogP contribution in [0.4, 0.5) is 0 Å². The Bertz CT molecular complexity index is 253. The fraction of sp³-hybridized carbons (Fsp3) is 0.923. The van der Waals surface area contributed by atoms with E-state index >= 15 is 0 Å². The fourth-order valence-corrected chi connectivity index (χ4v) is 3.74. The minimum absolute atomic E-state index is 0. The molecular formula is C13H25ClN2OS. The number of rotatable bonds is 6. The average Bonchev–Trinajstić information content (AvgIpc) is 2.88. The molecule has 0 aromatic heterocycles. The van der Waals surface area contributed by atoms with Crippen molar-refractivity contribution in [3.05, 3.63) is 0 Å². The van der Waals surface area contributed by atoms with Crippen LogP contribution in [0.25, 0.3) is 0 Å². The quantitative estimate of drug-likeness (QED) is 0.760. The van der Waals surface area contributed by atoms with Crippen molar-refractivity contribution in [3.8, 4) is 0 Å². The second-order valence-electron chi connectivity index (χ2n) is 5.19. The Morgan fingerprint density at radius 1 is 1.28 bits per heavy atom. The molecule has 0 aliphatic carbocycles. The van der Waals surface area contributed by atoms with E-state index in [-0.39, 0.29) is 12.4 Å². The smallest absolute Gasteiger partial charge is 0.223 e. The summed E-state index contributed by atoms with van der Waals surface area (Å²) in [5, 5.41) is 3.41. The Labute approximate surface area is 121 Å². The summed E-state index contributed by atoms with van der Waals surface area (Å²) in [5.74, 6) is 4.05. The molecule has 2 heterocycles. The lowest BCUT2D eigenvalue weighted by atomic mass is 10.0. The molecule has 2 atom stereocenters. The molecule has 106 valence electrons. The summed E-state index contributed by atoms with van der Waals surface area (Å²) in [6.07, 6.45) is 3.27. The first-order chi connectivity index (χ1) is 8.31. The summed E-state index contributed by atoms with van der Waals surface area (Å²) in [6, 6.07) is 0. The summed E-state index contributed by atoms with van der Waals surface area (Å²) in [6.45, 7) is 6.42. The molecule has 0 aromatic rings. The van der Waals surface area contributed by atoms with Gasteiger partial charge >= 0.3 is 0 Å². The summed E-state index contributed by atoms with van der Waals surface area (Å²) in [4.78, 5) is 14.1. The maximum Gasteiger partial charge on any atom is 0.223 e. The summed E-state index contributed by atoms with van der Waals surface area (Å²) >= 11 is 1.93. The predicted octanol–water partition coefficient (Wildman–Crippen LogP) is 2.01. The summed E-state index contributed by atoms with van der Waals surface area (Å²) < 4.78 is 0. The number of thioether (sulfide) groups is 1. The van der Waals surface area contributed by atoms with Gasteiger partial charge in [-0.25, -0.2) is 0 Å². The van der Waals surface area contributed by atoms with E-state index < -0.39 is 0 Å². The number of carbonyl (C=O) groups is 1. The zero-order valence-electron chi connectivity index (χ0n) is 11.2. The Morgan fingerprint density at radius 3 is 2.56 bits per heavy atom. The van der Waals surface area contributed by atoms with Crippen LogP contribution in [-0.4, -0.2) is 48.5 Å². The minimum Gasteiger partial charge on any atom is -0.342 e. The van der Waals surface area contributed by atoms with E-state index in [1.165, 1.54) is 18.6 Å². The summed E-state index contributed by atoms with van der Waals surface area (Å²) in [5.41, 5.74) is 0. The molecule has 2 aliphatic rings. The van der Waals surface area contributed by atoms with Gasteiger partial charge in [-0.15, -0.1) is 12.4 Å². The third-order valence-electron chi connectivity index (χ3n) is 3.84. The van der Waals surface area contributed by atoms with Crippen molar-refractivity contribution < 1.29 is 4.79 Å². The lowest BCUT2D eigenvalue weighted by molar-refractivity contribution is -0.129. The van der Waals surface area contributed by atoms with Gasteiger partial charge in [-0.2, -0.15) is 11.8 Å². The van der Waals surface area contributed by atoms with Crippen molar-refractivity contribution in [3.63, 3.8) is 0 Å². The Morgan fingerprint density at radius 2 is 1.94 bits per heavy atom. The number of amides is 1. The number of hydrogen-bond acceptors (Lipinski definition) is 3. The molecule has 0 spiro atoms. The molecule has 5 heteroatoms. The van der Waals surface area contributed by atoms with Gasteiger partial charge in [-0.05, 0) is 24.0 Å². The van der Waals surface area contributed by atoms with Crippen LogP contribution in [0, 0.1) is 11.8 Å². The molecule has 2 saturated heterocycles. The molecule has 3 nitrogen and oxygen atoms in total. The number of halogens is 1. The topological polar surface area (TPSA) is 32.3 Å². The number of unbranched alkanes of at least 4 members (excludes halogenated alkanes) is 1. The van der Waals surface area contributed by atoms with Gasteiger partial charge < -0.3 is 10.2 Å². The lowest BCUT2D eigenvalue weighted by Crippen LogP contribution is -2.32. The standard InChI is InChI=1S/C13H24N2OS.ClH/c1-2-3-5-17-6-4-13(16)15-9-11-7-14-8-12(11)10-15;/h11-12,14H,2-10H2,1H3;1H/t11-,12+;. The maximum atomic E-state index is 12.0. The van der Waals surface area contributed by atoms with Crippen molar-refractivity contribution >= 4 is 30.1 Å². The van der Waals surface area contributed by atoms with E-state index in [2.05, 4.69) is 17.1 Å². The van der Waals surface area contributed by atoms with Gasteiger partial charge in [0.25, 0.3) is 0 Å². The molecule has 1 amide bonds. The van der Waals surface area contributed by atoms with Gasteiger partial charge in [-0.1, -0.05) is 13.3 Å². The third-order valence-corrected chi connectivity index (χ3v) is 4.91. The molecule has 18 heavy (non-hydrogen) atoms. The molecule has 0 radical (unpaired) electrons. The van der Waals surface area contributed by atoms with Gasteiger partial charge in [0, 0.05) is 38.4 Å². The van der Waals surface area contributed by atoms with Crippen LogP contribution in [0.5, 0.6) is 0 Å². The van der Waals surface area contributed by atoms with E-state index in [0.717, 1.165) is 50.2 Å². The van der Waals surface area contributed by atoms with E-state index in [1.54, 1.807) is 0 Å². The van der Waals surface area contributed by atoms with E-state index in [9.17, 15) is 4.79 Å². The second-order valence-corrected chi connectivity index (χ2v) is 6.42. The van der Waals surface area contributed by atoms with Crippen LogP contribution < -0.4 is 5.32 Å². The first kappa shape index (κ1) is 16.1. The second kappa shape index (κ2) is 8.28. The Hall–Kier alpha value is 0.0700. The van der Waals surface area contributed by atoms with Crippen LogP contribution in [0.1, 0.15) is 26.2 Å². The zero-order chi connectivity index (χ0) is 12.1. The molecule has 0 saturated carbocycles. The number of nitrogens with one attached hydrogen (secondary N) is 1. The highest BCUT2D eigenvalue weighted by molar-refractivity contribution is 7.99. The van der Waals surface area contributed by atoms with Crippen LogP contribution >= 0.6 is 24.2 Å². The van der Waals surface area contributed by atoms with E-state index in [1.807, 2.05) is 11.8 Å². The molecule has 0 unspecified atom stereocenters. The Balaban J connectivity index is 0.00000162. The normalized spacial score (nSPS) is 25.9. The van der Waals surface area contributed by atoms with Gasteiger partial charge in [0.2, 0.25) is 5.91 Å². The van der Waals surface area contributed by atoms with Crippen molar-refractivity contribution in [2.75, 3.05) is 37.7 Å². The van der Waals surface area contributed by atoms with E-state index in [0.29, 0.717) is 5.91 Å². The SMILES string of the molecule is CCCCSCCC(=O)N1C[C@H]2CNC[C@H]2C1.Cl. The van der Waals surface area contributed by atoms with Gasteiger partial charge in [0.1, 0.15) is 0 Å². The molecule has 0 bridgehead atoms. The highest BCUT2D eigenvalue weighted by Crippen LogP contribution is 2.26. The lowest BCUT2D eigenvalue weighted by Gasteiger charge is -2.17. The fourth-order valence-electron chi connectivity index (χ4n) is 2.73. The molecule has 2 fully saturated rings. The first-order valence-electron chi connectivity index (χ1n) is 6.87. The van der Waals surface area contributed by atoms with E-state index in [4.69, 9.17) is 0 Å². The highest BCUT2D eigenvalue weighted by Gasteiger charge is 2.37. The number of nitrogens with zero attached hydrogens (tertiary/aromatic N) is 1. The molecule has 0 aromatic carbocycles. The number of hydrogen-bond donors (Lipinski definition) is 1. The minimum atomic E-state index is 0. The molecular weight excluding hydrogens is 268 g/mol. The maximum absolute atomic E-state index is 12.0. The summed E-state index contributed by atoms with van der Waals surface area (Å²) in [7, 11) is 0. The van der Waals surface area contributed by atoms with Crippen LogP contribution in [0.3, 0.4) is 0 Å². The molecule has 2 aliphatic heterocycles. The Kier molecular flexibility index (Phi) is 7.42. The van der Waals surface area contributed by atoms with Gasteiger partial charge in [0.05, 0.1) is 0 Å². The van der Waals surface area contributed by atoms with Gasteiger partial charge in [-0.3, -0.25) is 4.79 Å². The highest BCUT2D eigenvalue weighted by atomic mass is 35.5. The molecule has 2 rings (SSSR count). The van der Waals surface area contributed by atoms with Crippen molar-refractivity contribution in [2.24, 2.45) is 11.8 Å². The van der Waals surface area contributed by atoms with Gasteiger partial charge in [0.15, 0.2) is 0 Å². The molecule has 1 N–H and O–H groups in total. The number of fused-ring (bicyclic) bond motifs is 1. The number of likely N-dealkylation sites (tertiary alicyclic amines) is 1. The largest absolute Gasteiger partial charge is 0.342 e. The monoisotopic (exact) mass is 292 g/mol. The third kappa shape index (κ3) is 4.32. The number of carbonyl (C=O) groups excluding carboxylic acids is 1. The van der Waals surface area contributed by atoms with Crippen LogP contribution in [0.15, 0.2) is 0 Å². The zero-order valence-corrected chi connectivity index (χ0v) is 12.8. The first-order valence-corrected chi connectivity index (χ1v) is 8.03. The average molecular weight is 293 g/mol. The van der Waals surface area contributed by atoms with Crippen LogP contribution in [0.2, 0.25) is 0 Å². The van der Waals surface area contributed by atoms with Crippen molar-refractivity contribution in [1.82, 2.24) is 10.2 Å². The van der Waals surface area contributed by atoms with Crippen molar-refractivity contribution in [1.29, 1.82) is 0 Å².